The average Bonchev–Trinajstić information content (AvgIpc) is 3.40. The molecule has 1 aliphatic rings. The van der Waals surface area contributed by atoms with Crippen molar-refractivity contribution >= 4 is 22.1 Å². The predicted molar refractivity (Wildman–Crippen MR) is 101 cm³/mol. The first-order valence-corrected chi connectivity index (χ1v) is 17.2. The zero-order valence-electron chi connectivity index (χ0n) is 15.0. The van der Waals surface area contributed by atoms with Gasteiger partial charge in [-0.2, -0.15) is 0 Å². The van der Waals surface area contributed by atoms with Gasteiger partial charge in [0.2, 0.25) is 0 Å². The van der Waals surface area contributed by atoms with Gasteiger partial charge in [0.15, 0.2) is 0 Å². The molecule has 1 saturated carbocycles. The molecule has 1 fully saturated rings. The number of unbranched alkanes of at least 4 members (excludes halogenated alkanes) is 3. The molecule has 0 bridgehead atoms. The summed E-state index contributed by atoms with van der Waals surface area (Å²) in [7, 11) is 0. The number of hydrogen-bond acceptors (Lipinski definition) is 1. The Kier molecular flexibility index (Phi) is 7.73. The number of rotatable bonds is 11. The van der Waals surface area contributed by atoms with Crippen LogP contribution in [0.4, 0.5) is 0 Å². The van der Waals surface area contributed by atoms with Gasteiger partial charge >= 0.3 is 142 Å². The van der Waals surface area contributed by atoms with E-state index in [9.17, 15) is 0 Å². The quantitative estimate of drug-likeness (QED) is 0.409. The minimum atomic E-state index is -2.28. The summed E-state index contributed by atoms with van der Waals surface area (Å²) < 4.78 is 6.22. The van der Waals surface area contributed by atoms with Crippen molar-refractivity contribution in [3.63, 3.8) is 0 Å². The monoisotopic (exact) mass is 409 g/mol. The summed E-state index contributed by atoms with van der Waals surface area (Å²) in [6.07, 6.45) is 13.3. The van der Waals surface area contributed by atoms with E-state index in [0.29, 0.717) is 0 Å². The third kappa shape index (κ3) is 4.97. The molecule has 1 aliphatic carbocycles. The van der Waals surface area contributed by atoms with Gasteiger partial charge in [-0.25, -0.2) is 0 Å². The molecule has 22 heavy (non-hydrogen) atoms. The molecule has 0 aliphatic heterocycles. The van der Waals surface area contributed by atoms with Gasteiger partial charge in [0, 0.05) is 0 Å². The van der Waals surface area contributed by atoms with Crippen LogP contribution in [0.3, 0.4) is 0 Å². The van der Waals surface area contributed by atoms with Crippen molar-refractivity contribution in [3.05, 3.63) is 23.9 Å². The molecule has 1 aromatic rings. The fourth-order valence-electron chi connectivity index (χ4n) is 3.71. The van der Waals surface area contributed by atoms with E-state index in [-0.39, 0.29) is 0 Å². The van der Waals surface area contributed by atoms with Crippen molar-refractivity contribution in [3.8, 4) is 0 Å². The van der Waals surface area contributed by atoms with Gasteiger partial charge in [-0.15, -0.1) is 0 Å². The zero-order chi connectivity index (χ0) is 15.8. The summed E-state index contributed by atoms with van der Waals surface area (Å²) >= 11 is -2.28. The van der Waals surface area contributed by atoms with Crippen LogP contribution in [0.2, 0.25) is 13.3 Å². The zero-order valence-corrected chi connectivity index (χ0v) is 17.9. The fraction of sp³-hybridized carbons (Fsp3) is 0.750. The van der Waals surface area contributed by atoms with Crippen LogP contribution >= 0.6 is 0 Å². The number of nitrogens with zero attached hydrogens (tertiary/aromatic N) is 1. The second-order valence-corrected chi connectivity index (χ2v) is 20.4. The Morgan fingerprint density at radius 2 is 1.50 bits per heavy atom. The Hall–Kier alpha value is -0.0513. The van der Waals surface area contributed by atoms with Crippen LogP contribution in [-0.2, 0) is 0 Å². The van der Waals surface area contributed by atoms with E-state index in [4.69, 9.17) is 4.98 Å². The second kappa shape index (κ2) is 9.29. The third-order valence-electron chi connectivity index (χ3n) is 5.40. The standard InChI is InChI=1S/C8H8N.3C4H9.Sn/c1-2-7(1)8-3-5-9-6-4-8;3*1-3-4-2;/h3-5,7H,1-2H2;3*1,3-4H2,2H3;. The second-order valence-electron chi connectivity index (χ2n) is 7.34. The Labute approximate surface area is 142 Å². The molecule has 0 saturated heterocycles. The average molecular weight is 408 g/mol. The molecule has 0 amide bonds. The maximum atomic E-state index is 4.97. The number of hydrogen-bond donors (Lipinski definition) is 0. The topological polar surface area (TPSA) is 12.9 Å². The van der Waals surface area contributed by atoms with E-state index >= 15 is 0 Å². The van der Waals surface area contributed by atoms with Gasteiger partial charge in [0.1, 0.15) is 0 Å². The Morgan fingerprint density at radius 3 is 1.95 bits per heavy atom. The molecule has 124 valence electrons. The fourth-order valence-corrected chi connectivity index (χ4v) is 19.2. The molecule has 0 spiro atoms. The normalized spacial score (nSPS) is 15.2. The minimum absolute atomic E-state index is 0.870. The first kappa shape index (κ1) is 18.3. The first-order chi connectivity index (χ1) is 10.8. The van der Waals surface area contributed by atoms with Crippen LogP contribution in [0, 0.1) is 0 Å². The molecular formula is C20H35NSn. The van der Waals surface area contributed by atoms with Crippen LogP contribution in [0.25, 0.3) is 0 Å². The summed E-state index contributed by atoms with van der Waals surface area (Å²) in [6, 6.07) is 4.85. The van der Waals surface area contributed by atoms with Crippen molar-refractivity contribution in [1.82, 2.24) is 4.98 Å². The molecule has 2 rings (SSSR count). The molecule has 0 aromatic carbocycles. The molecule has 0 atom stereocenters. The molecule has 0 unspecified atom stereocenters. The van der Waals surface area contributed by atoms with Gasteiger partial charge in [0.25, 0.3) is 0 Å². The van der Waals surface area contributed by atoms with Gasteiger partial charge in [0.05, 0.1) is 0 Å². The van der Waals surface area contributed by atoms with Gasteiger partial charge in [-0.3, -0.25) is 0 Å². The van der Waals surface area contributed by atoms with Crippen molar-refractivity contribution in [2.75, 3.05) is 0 Å². The predicted octanol–water partition coefficient (Wildman–Crippen LogP) is 6.02. The van der Waals surface area contributed by atoms with Crippen LogP contribution in [0.5, 0.6) is 0 Å². The molecule has 1 aromatic heterocycles. The van der Waals surface area contributed by atoms with E-state index in [2.05, 4.69) is 39.1 Å². The van der Waals surface area contributed by atoms with Crippen molar-refractivity contribution in [2.24, 2.45) is 0 Å². The van der Waals surface area contributed by atoms with Crippen LogP contribution in [-0.4, -0.2) is 23.4 Å². The van der Waals surface area contributed by atoms with E-state index < -0.39 is 18.4 Å². The summed E-state index contributed by atoms with van der Waals surface area (Å²) in [6.45, 7) is 7.05. The van der Waals surface area contributed by atoms with E-state index in [1.807, 2.05) is 0 Å². The summed E-state index contributed by atoms with van der Waals surface area (Å²) in [4.78, 5) is 4.97. The Morgan fingerprint density at radius 1 is 0.955 bits per heavy atom. The molecule has 1 nitrogen and oxygen atoms in total. The molecule has 0 N–H and O–H groups in total. The van der Waals surface area contributed by atoms with Crippen molar-refractivity contribution in [1.29, 1.82) is 0 Å². The van der Waals surface area contributed by atoms with Gasteiger partial charge in [-0.1, -0.05) is 0 Å². The van der Waals surface area contributed by atoms with E-state index in [0.717, 1.165) is 5.92 Å². The van der Waals surface area contributed by atoms with Crippen LogP contribution < -0.4 is 3.71 Å². The summed E-state index contributed by atoms with van der Waals surface area (Å²) in [5, 5.41) is 0. The van der Waals surface area contributed by atoms with E-state index in [1.54, 1.807) is 9.27 Å². The molecule has 2 heteroatoms. The van der Waals surface area contributed by atoms with Crippen molar-refractivity contribution in [2.45, 2.75) is 91.4 Å². The van der Waals surface area contributed by atoms with Crippen LogP contribution in [0.1, 0.15) is 83.6 Å². The van der Waals surface area contributed by atoms with Crippen LogP contribution in [0.15, 0.2) is 18.3 Å². The first-order valence-electron chi connectivity index (χ1n) is 9.72. The number of aromatic nitrogens is 1. The van der Waals surface area contributed by atoms with Gasteiger partial charge in [-0.05, 0) is 0 Å². The summed E-state index contributed by atoms with van der Waals surface area (Å²) in [5.41, 5.74) is 1.61. The van der Waals surface area contributed by atoms with E-state index in [1.165, 1.54) is 64.7 Å². The number of pyridine rings is 1. The molecule has 1 heterocycles. The molecular weight excluding hydrogens is 373 g/mol. The SMILES string of the molecule is CCC[CH2][Sn]([CH2]CCC)([CH2]CCC)[c]1cc(C2CC2)ccn1. The van der Waals surface area contributed by atoms with Crippen molar-refractivity contribution < 1.29 is 0 Å². The maximum absolute atomic E-state index is 4.97. The Bertz CT molecular complexity index is 417. The van der Waals surface area contributed by atoms with Gasteiger partial charge < -0.3 is 0 Å². The summed E-state index contributed by atoms with van der Waals surface area (Å²) in [5.74, 6) is 0.870. The Balaban J connectivity index is 2.27. The third-order valence-corrected chi connectivity index (χ3v) is 20.5. The molecule has 0 radical (unpaired) electrons.